The average molecular weight is 592 g/mol. The first-order valence-corrected chi connectivity index (χ1v) is 15.4. The Hall–Kier alpha value is -3.20. The van der Waals surface area contributed by atoms with Crippen molar-refractivity contribution < 1.29 is 13.2 Å². The molecule has 1 saturated heterocycles. The van der Waals surface area contributed by atoms with Crippen molar-refractivity contribution in [2.45, 2.75) is 76.3 Å². The molecule has 4 heterocycles. The number of aromatic nitrogens is 3. The van der Waals surface area contributed by atoms with Crippen LogP contribution < -0.4 is 11.1 Å². The molecule has 4 fully saturated rings. The standard InChI is InChI=1S/C31H32F3N7S/c1-18-19(2-3-25-23(18)8-21(11-35)41(25)16-28-13-29(28)15-30(29,36)14-28)12-40-6-4-20(5-7-40)39-26-24-9-22(10-31(32,33)34)42-27(24)38-17-37-26/h2-3,8-9,17,20H,4-7,10,12-16,36H2,1H3,(H,37,38,39). The van der Waals surface area contributed by atoms with Gasteiger partial charge in [-0.2, -0.15) is 18.4 Å². The van der Waals surface area contributed by atoms with Gasteiger partial charge in [0.05, 0.1) is 11.8 Å². The average Bonchev–Trinajstić information content (AvgIpc) is 3.39. The van der Waals surface area contributed by atoms with Crippen LogP contribution in [-0.4, -0.2) is 50.3 Å². The Bertz CT molecular complexity index is 1800. The van der Waals surface area contributed by atoms with E-state index in [0.29, 0.717) is 26.9 Å². The molecule has 0 amide bonds. The fourth-order valence-corrected chi connectivity index (χ4v) is 9.47. The van der Waals surface area contributed by atoms with Gasteiger partial charge < -0.3 is 15.6 Å². The van der Waals surface area contributed by atoms with Crippen LogP contribution in [0.15, 0.2) is 30.6 Å². The molecule has 3 aromatic heterocycles. The fraction of sp³-hybridized carbons (Fsp3) is 0.516. The number of piperidine rings is 1. The molecule has 0 bridgehead atoms. The number of nitrogens with one attached hydrogen (secondary N) is 1. The Balaban J connectivity index is 0.936. The van der Waals surface area contributed by atoms with Crippen LogP contribution in [0, 0.1) is 29.1 Å². The monoisotopic (exact) mass is 591 g/mol. The summed E-state index contributed by atoms with van der Waals surface area (Å²) in [6.45, 7) is 5.71. The zero-order valence-electron chi connectivity index (χ0n) is 23.4. The molecular weight excluding hydrogens is 559 g/mol. The number of nitrogens with two attached hydrogens (primary N) is 1. The number of aryl methyl sites for hydroxylation is 1. The van der Waals surface area contributed by atoms with Crippen molar-refractivity contribution in [2.75, 3.05) is 18.4 Å². The van der Waals surface area contributed by atoms with Gasteiger partial charge in [0.2, 0.25) is 0 Å². The van der Waals surface area contributed by atoms with E-state index in [1.165, 1.54) is 23.9 Å². The minimum absolute atomic E-state index is 0.0832. The Morgan fingerprint density at radius 2 is 1.95 bits per heavy atom. The molecule has 8 rings (SSSR count). The number of fused-ring (bicyclic) bond motifs is 2. The van der Waals surface area contributed by atoms with Crippen LogP contribution >= 0.6 is 11.3 Å². The van der Waals surface area contributed by atoms with Crippen molar-refractivity contribution in [3.05, 3.63) is 52.3 Å². The molecule has 1 aliphatic heterocycles. The maximum absolute atomic E-state index is 12.9. The lowest BCUT2D eigenvalue weighted by atomic mass is 9.80. The molecule has 0 radical (unpaired) electrons. The van der Waals surface area contributed by atoms with Crippen molar-refractivity contribution in [1.29, 1.82) is 5.26 Å². The van der Waals surface area contributed by atoms with Crippen LogP contribution in [0.5, 0.6) is 0 Å². The van der Waals surface area contributed by atoms with E-state index in [-0.39, 0.29) is 16.5 Å². The van der Waals surface area contributed by atoms with Crippen LogP contribution in [0.1, 0.15) is 53.8 Å². The summed E-state index contributed by atoms with van der Waals surface area (Å²) in [6, 6.07) is 10.7. The van der Waals surface area contributed by atoms with Crippen molar-refractivity contribution >= 4 is 38.3 Å². The second-order valence-corrected chi connectivity index (χ2v) is 14.3. The van der Waals surface area contributed by atoms with E-state index in [2.05, 4.69) is 55.9 Å². The van der Waals surface area contributed by atoms with Crippen molar-refractivity contribution in [1.82, 2.24) is 19.4 Å². The number of hydrogen-bond acceptors (Lipinski definition) is 7. The van der Waals surface area contributed by atoms with Crippen LogP contribution in [0.4, 0.5) is 19.0 Å². The first-order valence-electron chi connectivity index (χ1n) is 14.6. The van der Waals surface area contributed by atoms with E-state index >= 15 is 0 Å². The molecule has 1 spiro atoms. The van der Waals surface area contributed by atoms with Gasteiger partial charge in [0, 0.05) is 53.5 Å². The number of anilines is 1. The molecule has 3 atom stereocenters. The first kappa shape index (κ1) is 26.4. The summed E-state index contributed by atoms with van der Waals surface area (Å²) < 4.78 is 41.0. The topological polar surface area (TPSA) is 95.8 Å². The van der Waals surface area contributed by atoms with E-state index in [1.807, 2.05) is 0 Å². The van der Waals surface area contributed by atoms with Gasteiger partial charge in [-0.05, 0) is 79.2 Å². The quantitative estimate of drug-likeness (QED) is 0.278. The number of thiophene rings is 1. The van der Waals surface area contributed by atoms with Gasteiger partial charge in [0.1, 0.15) is 28.7 Å². The highest BCUT2D eigenvalue weighted by atomic mass is 32.1. The Morgan fingerprint density at radius 1 is 1.14 bits per heavy atom. The van der Waals surface area contributed by atoms with Crippen LogP contribution in [-0.2, 0) is 19.5 Å². The van der Waals surface area contributed by atoms with Crippen molar-refractivity contribution in [3.63, 3.8) is 0 Å². The van der Waals surface area contributed by atoms with Crippen molar-refractivity contribution in [2.24, 2.45) is 16.6 Å². The molecule has 42 heavy (non-hydrogen) atoms. The summed E-state index contributed by atoms with van der Waals surface area (Å²) in [4.78, 5) is 11.8. The molecular formula is C31H32F3N7S. The summed E-state index contributed by atoms with van der Waals surface area (Å²) in [6.07, 6.45) is 1.49. The maximum atomic E-state index is 12.9. The van der Waals surface area contributed by atoms with Gasteiger partial charge >= 0.3 is 6.18 Å². The molecule has 3 aliphatic carbocycles. The Morgan fingerprint density at radius 3 is 2.62 bits per heavy atom. The molecule has 11 heteroatoms. The second-order valence-electron chi connectivity index (χ2n) is 13.2. The molecule has 3 saturated carbocycles. The molecule has 7 nitrogen and oxygen atoms in total. The highest BCUT2D eigenvalue weighted by Gasteiger charge is 2.95. The van der Waals surface area contributed by atoms with E-state index in [0.717, 1.165) is 79.8 Å². The summed E-state index contributed by atoms with van der Waals surface area (Å²) >= 11 is 1.07. The highest BCUT2D eigenvalue weighted by molar-refractivity contribution is 7.18. The third-order valence-corrected chi connectivity index (χ3v) is 11.8. The van der Waals surface area contributed by atoms with Gasteiger partial charge in [-0.15, -0.1) is 11.3 Å². The lowest BCUT2D eigenvalue weighted by molar-refractivity contribution is -0.126. The second kappa shape index (κ2) is 8.68. The van der Waals surface area contributed by atoms with Crippen LogP contribution in [0.2, 0.25) is 0 Å². The summed E-state index contributed by atoms with van der Waals surface area (Å²) in [5.41, 5.74) is 11.6. The van der Waals surface area contributed by atoms with Crippen molar-refractivity contribution in [3.8, 4) is 6.07 Å². The Kier molecular flexibility index (Phi) is 5.46. The zero-order valence-corrected chi connectivity index (χ0v) is 24.2. The van der Waals surface area contributed by atoms with Crippen LogP contribution in [0.25, 0.3) is 21.1 Å². The molecule has 4 aromatic rings. The first-order chi connectivity index (χ1) is 20.0. The van der Waals surface area contributed by atoms with Gasteiger partial charge in [-0.25, -0.2) is 9.97 Å². The number of halogens is 3. The predicted molar refractivity (Wildman–Crippen MR) is 156 cm³/mol. The number of alkyl halides is 3. The van der Waals surface area contributed by atoms with E-state index < -0.39 is 12.6 Å². The van der Waals surface area contributed by atoms with Gasteiger partial charge in [0.25, 0.3) is 0 Å². The number of likely N-dealkylation sites (tertiary alicyclic amines) is 1. The smallest absolute Gasteiger partial charge is 0.367 e. The van der Waals surface area contributed by atoms with Gasteiger partial charge in [-0.3, -0.25) is 4.90 Å². The van der Waals surface area contributed by atoms with Gasteiger partial charge in [-0.1, -0.05) is 6.07 Å². The zero-order chi connectivity index (χ0) is 29.1. The number of rotatable bonds is 7. The SMILES string of the molecule is Cc1c(CN2CCC(Nc3ncnc4sc(CC(F)(F)F)cc34)CC2)ccc2c1cc(C#N)n2CC12CC3(N)CC31C2. The molecule has 3 unspecified atom stereocenters. The van der Waals surface area contributed by atoms with E-state index in [1.54, 1.807) is 6.07 Å². The number of benzene rings is 1. The number of hydrogen-bond donors (Lipinski definition) is 2. The lowest BCUT2D eigenvalue weighted by Gasteiger charge is -2.33. The molecule has 1 aromatic carbocycles. The third-order valence-electron chi connectivity index (χ3n) is 10.7. The van der Waals surface area contributed by atoms with Gasteiger partial charge in [0.15, 0.2) is 0 Å². The fourth-order valence-electron chi connectivity index (χ4n) is 8.44. The summed E-state index contributed by atoms with van der Waals surface area (Å²) in [5, 5.41) is 15.2. The molecule has 3 N–H and O–H groups in total. The van der Waals surface area contributed by atoms with Crippen LogP contribution in [0.3, 0.4) is 0 Å². The predicted octanol–water partition coefficient (Wildman–Crippen LogP) is 5.89. The third kappa shape index (κ3) is 3.91. The normalized spacial score (nSPS) is 28.8. The van der Waals surface area contributed by atoms with E-state index in [4.69, 9.17) is 5.73 Å². The van der Waals surface area contributed by atoms with E-state index in [9.17, 15) is 18.4 Å². The maximum Gasteiger partial charge on any atom is 0.393 e. The minimum atomic E-state index is -4.25. The lowest BCUT2D eigenvalue weighted by Crippen LogP contribution is -2.41. The summed E-state index contributed by atoms with van der Waals surface area (Å²) in [5.74, 6) is 0.611. The number of nitriles is 1. The summed E-state index contributed by atoms with van der Waals surface area (Å²) in [7, 11) is 0. The minimum Gasteiger partial charge on any atom is -0.367 e. The highest BCUT2D eigenvalue weighted by Crippen LogP contribution is 2.95. The largest absolute Gasteiger partial charge is 0.393 e. The molecule has 4 aliphatic rings. The number of nitrogens with zero attached hydrogens (tertiary/aromatic N) is 5. The Labute approximate surface area is 245 Å². The molecule has 218 valence electrons.